The van der Waals surface area contributed by atoms with Gasteiger partial charge in [-0.15, -0.1) is 0 Å². The molecule has 0 unspecified atom stereocenters. The van der Waals surface area contributed by atoms with Gasteiger partial charge in [-0.3, -0.25) is 19.2 Å². The molecule has 1 saturated heterocycles. The number of hydrogen-bond acceptors (Lipinski definition) is 7. The third kappa shape index (κ3) is 14.0. The smallest absolute Gasteiger partial charge is 0.407 e. The van der Waals surface area contributed by atoms with Crippen molar-refractivity contribution in [2.24, 2.45) is 17.2 Å². The van der Waals surface area contributed by atoms with Gasteiger partial charge in [-0.1, -0.05) is 0 Å². The average molecular weight is 394 g/mol. The Hall–Kier alpha value is -2.93. The van der Waals surface area contributed by atoms with Gasteiger partial charge >= 0.3 is 24.0 Å². The van der Waals surface area contributed by atoms with Crippen LogP contribution in [0, 0.1) is 0 Å². The molecule has 1 heterocycles. The molecule has 1 aliphatic heterocycles. The Kier molecular flexibility index (Phi) is 13.0. The quantitative estimate of drug-likeness (QED) is 0.267. The van der Waals surface area contributed by atoms with Gasteiger partial charge in [0.25, 0.3) is 0 Å². The molecule has 2 amide bonds. The molecule has 1 fully saturated rings. The molecule has 1 rings (SSSR count). The predicted octanol–water partition coefficient (Wildman–Crippen LogP) is -1.70. The molecule has 0 spiro atoms. The fraction of sp³-hybridized carbons (Fsp3) is 0.643. The molecule has 0 aromatic rings. The first-order valence-corrected chi connectivity index (χ1v) is 7.75. The second-order valence-electron chi connectivity index (χ2n) is 5.62. The van der Waals surface area contributed by atoms with Crippen molar-refractivity contribution in [3.63, 3.8) is 0 Å². The van der Waals surface area contributed by atoms with Crippen LogP contribution in [-0.4, -0.2) is 79.9 Å². The molecule has 10 N–H and O–H groups in total. The monoisotopic (exact) mass is 394 g/mol. The van der Waals surface area contributed by atoms with Gasteiger partial charge in [0.05, 0.1) is 12.8 Å². The van der Waals surface area contributed by atoms with Crippen molar-refractivity contribution in [1.29, 1.82) is 0 Å². The van der Waals surface area contributed by atoms with Gasteiger partial charge in [0.1, 0.15) is 12.1 Å². The van der Waals surface area contributed by atoms with E-state index in [1.807, 2.05) is 6.92 Å². The van der Waals surface area contributed by atoms with E-state index >= 15 is 0 Å². The summed E-state index contributed by atoms with van der Waals surface area (Å²) in [5.41, 5.74) is 14.4. The molecule has 0 aliphatic carbocycles. The normalized spacial score (nSPS) is 17.3. The summed E-state index contributed by atoms with van der Waals surface area (Å²) in [6.07, 6.45) is 0.421. The number of hydrogen-bond donors (Lipinski definition) is 7. The number of nitrogens with zero attached hydrogens (tertiary/aromatic N) is 1. The summed E-state index contributed by atoms with van der Waals surface area (Å²) in [4.78, 5) is 51.3. The number of carbonyl (C=O) groups excluding carboxylic acids is 1. The lowest BCUT2D eigenvalue weighted by Gasteiger charge is -2.16. The molecule has 0 saturated carbocycles. The molecule has 156 valence electrons. The van der Waals surface area contributed by atoms with Crippen LogP contribution in [0.2, 0.25) is 0 Å². The van der Waals surface area contributed by atoms with Crippen molar-refractivity contribution in [3.8, 4) is 0 Å². The molecule has 1 aliphatic rings. The molecule has 0 aromatic heterocycles. The third-order valence-electron chi connectivity index (χ3n) is 3.25. The fourth-order valence-corrected chi connectivity index (χ4v) is 1.80. The van der Waals surface area contributed by atoms with Gasteiger partial charge < -0.3 is 42.5 Å². The van der Waals surface area contributed by atoms with Gasteiger partial charge in [-0.2, -0.15) is 0 Å². The minimum atomic E-state index is -1.29. The first kappa shape index (κ1) is 26.3. The lowest BCUT2D eigenvalue weighted by Crippen LogP contribution is -2.34. The van der Waals surface area contributed by atoms with Gasteiger partial charge in [0, 0.05) is 12.6 Å². The average Bonchev–Trinajstić information content (AvgIpc) is 2.93. The Morgan fingerprint density at radius 3 is 1.56 bits per heavy atom. The van der Waals surface area contributed by atoms with Crippen molar-refractivity contribution in [2.45, 2.75) is 50.7 Å². The summed E-state index contributed by atoms with van der Waals surface area (Å²) in [5, 5.41) is 32.6. The van der Waals surface area contributed by atoms with E-state index in [9.17, 15) is 24.0 Å². The van der Waals surface area contributed by atoms with Crippen LogP contribution >= 0.6 is 0 Å². The second-order valence-corrected chi connectivity index (χ2v) is 5.62. The molecule has 0 bridgehead atoms. The molecule has 0 aromatic carbocycles. The number of carbonyl (C=O) groups is 5. The van der Waals surface area contributed by atoms with Crippen LogP contribution in [-0.2, 0) is 19.2 Å². The van der Waals surface area contributed by atoms with E-state index in [1.165, 1.54) is 4.90 Å². The maximum absolute atomic E-state index is 10.3. The van der Waals surface area contributed by atoms with Crippen molar-refractivity contribution in [2.75, 3.05) is 6.54 Å². The zero-order valence-corrected chi connectivity index (χ0v) is 14.8. The topological polar surface area (TPSA) is 248 Å². The van der Waals surface area contributed by atoms with Crippen molar-refractivity contribution >= 4 is 29.9 Å². The summed E-state index contributed by atoms with van der Waals surface area (Å²) >= 11 is 0. The van der Waals surface area contributed by atoms with Crippen molar-refractivity contribution in [1.82, 2.24) is 4.90 Å². The molecular formula is C14H26N4O9. The summed E-state index contributed by atoms with van der Waals surface area (Å²) in [6.45, 7) is 2.66. The van der Waals surface area contributed by atoms with E-state index in [2.05, 4.69) is 5.73 Å². The zero-order valence-electron chi connectivity index (χ0n) is 14.8. The Morgan fingerprint density at radius 2 is 1.41 bits per heavy atom. The van der Waals surface area contributed by atoms with Crippen LogP contribution < -0.4 is 17.2 Å². The number of carboxylic acid groups (broad SMARTS) is 4. The van der Waals surface area contributed by atoms with E-state index in [4.69, 9.17) is 31.9 Å². The number of rotatable bonds is 6. The Bertz CT molecular complexity index is 509. The molecule has 13 heteroatoms. The van der Waals surface area contributed by atoms with Crippen LogP contribution in [0.15, 0.2) is 0 Å². The number of carboxylic acids is 3. The Balaban J connectivity index is 0. The molecule has 27 heavy (non-hydrogen) atoms. The summed E-state index contributed by atoms with van der Waals surface area (Å²) in [5.74, 6) is -4.42. The van der Waals surface area contributed by atoms with Crippen LogP contribution in [0.5, 0.6) is 0 Å². The van der Waals surface area contributed by atoms with E-state index in [1.54, 1.807) is 0 Å². The number of amides is 2. The molecular weight excluding hydrogens is 368 g/mol. The minimum absolute atomic E-state index is 0.238. The highest BCUT2D eigenvalue weighted by molar-refractivity contribution is 5.83. The maximum Gasteiger partial charge on any atom is 0.407 e. The fourth-order valence-electron chi connectivity index (χ4n) is 1.80. The highest BCUT2D eigenvalue weighted by Gasteiger charge is 2.23. The van der Waals surface area contributed by atoms with Crippen molar-refractivity contribution in [3.05, 3.63) is 0 Å². The SMILES string of the molecule is C[C@@H]1CCCN1C(=O)O.NC(=O)C[C@H](N)C(=O)O.N[C@@H](CC(=O)O)C(=O)O. The van der Waals surface area contributed by atoms with Crippen LogP contribution in [0.25, 0.3) is 0 Å². The van der Waals surface area contributed by atoms with Crippen LogP contribution in [0.1, 0.15) is 32.6 Å². The summed E-state index contributed by atoms with van der Waals surface area (Å²) in [6, 6.07) is -2.22. The zero-order chi connectivity index (χ0) is 21.7. The second kappa shape index (κ2) is 13.3. The van der Waals surface area contributed by atoms with Gasteiger partial charge in [0.15, 0.2) is 0 Å². The minimum Gasteiger partial charge on any atom is -0.481 e. The van der Waals surface area contributed by atoms with Gasteiger partial charge in [0.2, 0.25) is 5.91 Å². The molecule has 13 nitrogen and oxygen atoms in total. The highest BCUT2D eigenvalue weighted by Crippen LogP contribution is 2.15. The maximum atomic E-state index is 10.3. The number of likely N-dealkylation sites (tertiary alicyclic amines) is 1. The van der Waals surface area contributed by atoms with Crippen LogP contribution in [0.3, 0.4) is 0 Å². The third-order valence-corrected chi connectivity index (χ3v) is 3.25. The number of nitrogens with two attached hydrogens (primary N) is 3. The van der Waals surface area contributed by atoms with Crippen molar-refractivity contribution < 1.29 is 44.4 Å². The molecule has 3 atom stereocenters. The Morgan fingerprint density at radius 1 is 0.963 bits per heavy atom. The van der Waals surface area contributed by atoms with E-state index in [0.717, 1.165) is 19.4 Å². The van der Waals surface area contributed by atoms with E-state index in [0.29, 0.717) is 0 Å². The lowest BCUT2D eigenvalue weighted by atomic mass is 10.2. The summed E-state index contributed by atoms with van der Waals surface area (Å²) in [7, 11) is 0. The predicted molar refractivity (Wildman–Crippen MR) is 90.7 cm³/mol. The van der Waals surface area contributed by atoms with Gasteiger partial charge in [-0.05, 0) is 19.8 Å². The first-order valence-electron chi connectivity index (χ1n) is 7.75. The van der Waals surface area contributed by atoms with E-state index in [-0.39, 0.29) is 12.5 Å². The highest BCUT2D eigenvalue weighted by atomic mass is 16.4. The summed E-state index contributed by atoms with van der Waals surface area (Å²) < 4.78 is 0. The number of primary amides is 1. The Labute approximate surface area is 154 Å². The number of aliphatic carboxylic acids is 3. The largest absolute Gasteiger partial charge is 0.481 e. The van der Waals surface area contributed by atoms with Gasteiger partial charge in [-0.25, -0.2) is 4.79 Å². The molecule has 0 radical (unpaired) electrons. The first-order chi connectivity index (χ1) is 12.3. The lowest BCUT2D eigenvalue weighted by molar-refractivity contribution is -0.144. The van der Waals surface area contributed by atoms with E-state index < -0.39 is 48.4 Å². The standard InChI is InChI=1S/C6H11NO2.C4H8N2O3.C4H7NO4/c1-5-3-2-4-7(5)6(8)9;2*5-2(4(8)9)1-3(6)7/h5H,2-4H2,1H3,(H,8,9);2H,1,5H2,(H2,6,7)(H,8,9);2H,1,5H2,(H,6,7)(H,8,9)/t5-;2*2-/m100/s1. The van der Waals surface area contributed by atoms with Crippen LogP contribution in [0.4, 0.5) is 4.79 Å².